The molecular formula is C28H30FN3O4S. The van der Waals surface area contributed by atoms with Crippen LogP contribution in [-0.2, 0) is 22.7 Å². The number of halogens is 1. The Hall–Kier alpha value is -3.85. The summed E-state index contributed by atoms with van der Waals surface area (Å²) in [6.45, 7) is 6.40. The van der Waals surface area contributed by atoms with Crippen LogP contribution in [0.3, 0.4) is 0 Å². The van der Waals surface area contributed by atoms with E-state index in [1.165, 1.54) is 35.2 Å². The van der Waals surface area contributed by atoms with Crippen LogP contribution in [-0.4, -0.2) is 39.1 Å². The van der Waals surface area contributed by atoms with Gasteiger partial charge in [0.1, 0.15) is 12.4 Å². The first kappa shape index (κ1) is 27.7. The van der Waals surface area contributed by atoms with Crippen LogP contribution in [0.4, 0.5) is 10.1 Å². The maximum Gasteiger partial charge on any atom is 0.269 e. The molecule has 1 heterocycles. The lowest BCUT2D eigenvalue weighted by Gasteiger charge is -2.30. The number of aryl methyl sites for hydroxylation is 1. The van der Waals surface area contributed by atoms with E-state index in [1.807, 2.05) is 32.2 Å². The molecule has 3 aromatic rings. The fourth-order valence-corrected chi connectivity index (χ4v) is 4.59. The molecule has 0 aliphatic rings. The Morgan fingerprint density at radius 3 is 2.32 bits per heavy atom. The molecule has 7 nitrogen and oxygen atoms in total. The third-order valence-electron chi connectivity index (χ3n) is 6.18. The number of amides is 2. The molecule has 9 heteroatoms. The first-order valence-corrected chi connectivity index (χ1v) is 12.8. The quantitative estimate of drug-likeness (QED) is 0.176. The number of hydrogen-bond donors (Lipinski definition) is 0. The van der Waals surface area contributed by atoms with Gasteiger partial charge in [-0.2, -0.15) is 0 Å². The molecule has 0 bridgehead atoms. The predicted octanol–water partition coefficient (Wildman–Crippen LogP) is 5.97. The highest BCUT2D eigenvalue weighted by Gasteiger charge is 2.24. The lowest BCUT2D eigenvalue weighted by molar-refractivity contribution is -0.384. The van der Waals surface area contributed by atoms with Crippen LogP contribution in [0.25, 0.3) is 6.08 Å². The molecule has 0 aliphatic carbocycles. The summed E-state index contributed by atoms with van der Waals surface area (Å²) in [6.07, 6.45) is 3.62. The molecule has 0 saturated heterocycles. The summed E-state index contributed by atoms with van der Waals surface area (Å²) in [5.74, 6) is -0.881. The van der Waals surface area contributed by atoms with E-state index >= 15 is 0 Å². The van der Waals surface area contributed by atoms with E-state index in [0.29, 0.717) is 18.5 Å². The normalized spacial score (nSPS) is 11.9. The average molecular weight is 524 g/mol. The van der Waals surface area contributed by atoms with Crippen molar-refractivity contribution in [2.45, 2.75) is 46.3 Å². The summed E-state index contributed by atoms with van der Waals surface area (Å²) in [7, 11) is 0. The van der Waals surface area contributed by atoms with Crippen molar-refractivity contribution in [3.05, 3.63) is 104 Å². The molecular weight excluding hydrogens is 493 g/mol. The van der Waals surface area contributed by atoms with E-state index < -0.39 is 4.92 Å². The second-order valence-corrected chi connectivity index (χ2v) is 9.81. The molecule has 1 unspecified atom stereocenters. The Balaban J connectivity index is 1.79. The summed E-state index contributed by atoms with van der Waals surface area (Å²) in [4.78, 5) is 41.3. The highest BCUT2D eigenvalue weighted by molar-refractivity contribution is 7.10. The molecule has 0 fully saturated rings. The minimum atomic E-state index is -0.482. The van der Waals surface area contributed by atoms with Crippen LogP contribution in [0.5, 0.6) is 0 Å². The average Bonchev–Trinajstić information content (AvgIpc) is 3.30. The number of benzene rings is 2. The highest BCUT2D eigenvalue weighted by atomic mass is 32.1. The van der Waals surface area contributed by atoms with Crippen molar-refractivity contribution in [2.75, 3.05) is 6.54 Å². The van der Waals surface area contributed by atoms with Crippen molar-refractivity contribution in [3.63, 3.8) is 0 Å². The first-order valence-electron chi connectivity index (χ1n) is 12.0. The molecule has 3 rings (SSSR count). The number of thiophene rings is 1. The molecule has 194 valence electrons. The first-order chi connectivity index (χ1) is 17.7. The molecule has 1 atom stereocenters. The van der Waals surface area contributed by atoms with Crippen molar-refractivity contribution in [3.8, 4) is 0 Å². The largest absolute Gasteiger partial charge is 0.332 e. The van der Waals surface area contributed by atoms with Gasteiger partial charge < -0.3 is 9.80 Å². The predicted molar refractivity (Wildman–Crippen MR) is 143 cm³/mol. The van der Waals surface area contributed by atoms with Crippen molar-refractivity contribution < 1.29 is 18.9 Å². The Morgan fingerprint density at radius 1 is 1.08 bits per heavy atom. The number of non-ortho nitro benzene ring substituents is 1. The number of nitro benzene ring substituents is 1. The third-order valence-corrected chi connectivity index (χ3v) is 7.18. The minimum Gasteiger partial charge on any atom is -0.332 e. The van der Waals surface area contributed by atoms with E-state index in [9.17, 15) is 24.1 Å². The van der Waals surface area contributed by atoms with Gasteiger partial charge in [0, 0.05) is 35.7 Å². The number of carbonyl (C=O) groups is 2. The zero-order valence-electron chi connectivity index (χ0n) is 21.1. The maximum atomic E-state index is 13.5. The van der Waals surface area contributed by atoms with E-state index in [-0.39, 0.29) is 42.5 Å². The third kappa shape index (κ3) is 7.82. The van der Waals surface area contributed by atoms with Crippen molar-refractivity contribution in [2.24, 2.45) is 0 Å². The monoisotopic (exact) mass is 523 g/mol. The summed E-state index contributed by atoms with van der Waals surface area (Å²) >= 11 is 1.57. The molecule has 0 N–H and O–H groups in total. The Morgan fingerprint density at radius 2 is 1.76 bits per heavy atom. The van der Waals surface area contributed by atoms with Gasteiger partial charge in [-0.05, 0) is 78.7 Å². The maximum absolute atomic E-state index is 13.5. The zero-order valence-corrected chi connectivity index (χ0v) is 21.9. The summed E-state index contributed by atoms with van der Waals surface area (Å²) in [6, 6.07) is 13.7. The highest BCUT2D eigenvalue weighted by Crippen LogP contribution is 2.20. The lowest BCUT2D eigenvalue weighted by Crippen LogP contribution is -2.45. The number of hydrogen-bond acceptors (Lipinski definition) is 5. The van der Waals surface area contributed by atoms with E-state index in [1.54, 1.807) is 46.6 Å². The smallest absolute Gasteiger partial charge is 0.269 e. The minimum absolute atomic E-state index is 0.0301. The van der Waals surface area contributed by atoms with Crippen molar-refractivity contribution in [1.29, 1.82) is 0 Å². The Kier molecular flexibility index (Phi) is 9.68. The summed E-state index contributed by atoms with van der Waals surface area (Å²) in [5, 5.41) is 12.8. The van der Waals surface area contributed by atoms with Crippen LogP contribution in [0.15, 0.2) is 66.1 Å². The van der Waals surface area contributed by atoms with Gasteiger partial charge in [-0.25, -0.2) is 4.39 Å². The standard InChI is InChI=1S/C28H30FN3O4S/c1-4-21(3)31(27(33)14-9-22-7-12-25(13-8-22)32(35)36)19-28(34)30(18-26-20(2)15-16-37-26)17-23-5-10-24(29)11-6-23/h5-16,21H,4,17-19H2,1-3H3. The zero-order chi connectivity index (χ0) is 26.9. The SMILES string of the molecule is CCC(C)N(CC(=O)N(Cc1ccc(F)cc1)Cc1sccc1C)C(=O)C=Cc1ccc([N+](=O)[O-])cc1. The topological polar surface area (TPSA) is 83.8 Å². The summed E-state index contributed by atoms with van der Waals surface area (Å²) < 4.78 is 13.4. The molecule has 0 aliphatic heterocycles. The second-order valence-electron chi connectivity index (χ2n) is 8.81. The summed E-state index contributed by atoms with van der Waals surface area (Å²) in [5.41, 5.74) is 2.49. The molecule has 0 radical (unpaired) electrons. The van der Waals surface area contributed by atoms with E-state index in [0.717, 1.165) is 16.0 Å². The van der Waals surface area contributed by atoms with Gasteiger partial charge in [0.15, 0.2) is 0 Å². The van der Waals surface area contributed by atoms with E-state index in [4.69, 9.17) is 0 Å². The van der Waals surface area contributed by atoms with E-state index in [2.05, 4.69) is 0 Å². The Bertz CT molecular complexity index is 1260. The van der Waals surface area contributed by atoms with Gasteiger partial charge in [-0.3, -0.25) is 19.7 Å². The number of rotatable bonds is 11. The van der Waals surface area contributed by atoms with Gasteiger partial charge in [-0.1, -0.05) is 19.1 Å². The molecule has 0 spiro atoms. The van der Waals surface area contributed by atoms with Crippen LogP contribution in [0, 0.1) is 22.9 Å². The fraction of sp³-hybridized carbons (Fsp3) is 0.286. The number of nitrogens with zero attached hydrogens (tertiary/aromatic N) is 3. The Labute approximate surface area is 220 Å². The molecule has 2 aromatic carbocycles. The van der Waals surface area contributed by atoms with Crippen LogP contribution in [0.2, 0.25) is 0 Å². The molecule has 1 aromatic heterocycles. The fourth-order valence-electron chi connectivity index (χ4n) is 3.67. The van der Waals surface area contributed by atoms with Gasteiger partial charge in [0.2, 0.25) is 11.8 Å². The molecule has 0 saturated carbocycles. The van der Waals surface area contributed by atoms with Crippen molar-refractivity contribution in [1.82, 2.24) is 9.80 Å². The number of nitro groups is 1. The van der Waals surface area contributed by atoms with Crippen molar-refractivity contribution >= 4 is 34.9 Å². The second kappa shape index (κ2) is 12.9. The van der Waals surface area contributed by atoms with Crippen LogP contribution >= 0.6 is 11.3 Å². The van der Waals surface area contributed by atoms with Gasteiger partial charge >= 0.3 is 0 Å². The molecule has 2 amide bonds. The van der Waals surface area contributed by atoms with Crippen LogP contribution < -0.4 is 0 Å². The number of carbonyl (C=O) groups excluding carboxylic acids is 2. The molecule has 37 heavy (non-hydrogen) atoms. The van der Waals surface area contributed by atoms with Gasteiger partial charge in [0.25, 0.3) is 5.69 Å². The van der Waals surface area contributed by atoms with Crippen LogP contribution in [0.1, 0.15) is 41.8 Å². The van der Waals surface area contributed by atoms with Gasteiger partial charge in [-0.15, -0.1) is 11.3 Å². The lowest BCUT2D eigenvalue weighted by atomic mass is 10.1. The van der Waals surface area contributed by atoms with Gasteiger partial charge in [0.05, 0.1) is 11.5 Å².